The second-order valence-electron chi connectivity index (χ2n) is 29.1. The number of ether oxygens (including phenoxy) is 3. The number of benzene rings is 3. The van der Waals surface area contributed by atoms with Crippen molar-refractivity contribution in [1.82, 2.24) is 51.5 Å². The smallest absolute Gasteiger partial charge is 0.404 e. The number of likely N-dealkylation sites (N-methyl/N-ethyl adjacent to an activating group) is 2. The van der Waals surface area contributed by atoms with Crippen LogP contribution in [0.4, 0.5) is 45.6 Å². The van der Waals surface area contributed by atoms with E-state index in [-0.39, 0.29) is 99.3 Å². The molecule has 108 heavy (non-hydrogen) atoms. The molecule has 25 nitrogen and oxygen atoms in total. The van der Waals surface area contributed by atoms with Crippen LogP contribution in [0.2, 0.25) is 0 Å². The third-order valence-electron chi connectivity index (χ3n) is 20.1. The van der Waals surface area contributed by atoms with Gasteiger partial charge in [0, 0.05) is 59.4 Å². The molecular weight excluding hydrogens is 1430 g/mol. The second-order valence-corrected chi connectivity index (χ2v) is 29.1. The number of alkyl halides is 3. The number of halogens is 8. The average molecular weight is 1540 g/mol. The number of primary amides is 1. The van der Waals surface area contributed by atoms with Crippen LogP contribution < -0.4 is 47.7 Å². The van der Waals surface area contributed by atoms with Crippen molar-refractivity contribution in [3.8, 4) is 5.75 Å². The molecule has 33 heteroatoms. The molecule has 0 aromatic heterocycles. The standard InChI is InChI=1S/C75H108F8N12O13/c1-15-43(8)64(93(12)72(103)62(41(4)5)91-71(102)63(42(6)7)92(10)11)52(106-13)38-55(97)95-34-20-25-51(95)65(107-14)44(9)67(98)89-50(36-45-22-17-16-18-23-45)68(99)86-39-46-27-29-48(30-28-46)87-69(100)49(24-19-32-85-74(84)105)88-70(101)61(40(2)3)90-54(96)26-21-33-94-35-31-47(37-53(94)75(81,82)83)73(104)108-66-59(79)57(77)56(76)58(78)60(66)80/h16-18,22-23,27-30,40-44,47,49-53,61-65H,15,19-21,24-26,31-39H2,1-14H3,(H,86,99)(H,87,100)(H,88,101)(H,89,98)(H,90,96)(H,91,102)(H3,84,85,105)/t43-,44+,47?,49-,50-,51-,52+,53?,61-,62-,63-,64-,65+/m0/s1. The molecule has 0 radical (unpaired) electrons. The van der Waals surface area contributed by atoms with Gasteiger partial charge in [-0.15, -0.1) is 0 Å². The molecule has 2 aliphatic rings. The highest BCUT2D eigenvalue weighted by Gasteiger charge is 2.49. The number of methoxy groups -OCH3 is 2. The van der Waals surface area contributed by atoms with Crippen molar-refractivity contribution in [3.63, 3.8) is 0 Å². The summed E-state index contributed by atoms with van der Waals surface area (Å²) in [6.07, 6.45) is -6.79. The highest BCUT2D eigenvalue weighted by molar-refractivity contribution is 5.98. The predicted octanol–water partition coefficient (Wildman–Crippen LogP) is 7.41. The van der Waals surface area contributed by atoms with E-state index in [2.05, 4.69) is 42.0 Å². The normalized spacial score (nSPS) is 18.4. The molecule has 2 heterocycles. The van der Waals surface area contributed by atoms with Crippen LogP contribution in [0, 0.1) is 64.6 Å². The zero-order chi connectivity index (χ0) is 80.8. The number of carbonyl (C=O) groups excluding carboxylic acids is 10. The van der Waals surface area contributed by atoms with Crippen LogP contribution in [-0.2, 0) is 65.6 Å². The molecule has 9 N–H and O–H groups in total. The van der Waals surface area contributed by atoms with Crippen molar-refractivity contribution in [1.29, 1.82) is 0 Å². The fourth-order valence-electron chi connectivity index (χ4n) is 14.0. The maximum absolute atomic E-state index is 14.7. The Balaban J connectivity index is 1.21. The van der Waals surface area contributed by atoms with Gasteiger partial charge in [0.25, 0.3) is 0 Å². The summed E-state index contributed by atoms with van der Waals surface area (Å²) in [5, 5.41) is 19.2. The van der Waals surface area contributed by atoms with Gasteiger partial charge in [-0.05, 0) is 119 Å². The Morgan fingerprint density at radius 1 is 0.657 bits per heavy atom. The van der Waals surface area contributed by atoms with E-state index in [1.807, 2.05) is 78.7 Å². The number of hydrogen-bond donors (Lipinski definition) is 8. The number of amides is 10. The quantitative estimate of drug-likeness (QED) is 0.00688. The Bertz CT molecular complexity index is 3510. The predicted molar refractivity (Wildman–Crippen MR) is 385 cm³/mol. The number of likely N-dealkylation sites (tertiary alicyclic amines) is 2. The minimum absolute atomic E-state index is 0.00225. The van der Waals surface area contributed by atoms with Gasteiger partial charge in [-0.25, -0.2) is 18.0 Å². The lowest BCUT2D eigenvalue weighted by Gasteiger charge is -2.41. The van der Waals surface area contributed by atoms with E-state index in [1.165, 1.54) is 26.4 Å². The van der Waals surface area contributed by atoms with Crippen LogP contribution in [0.1, 0.15) is 138 Å². The minimum atomic E-state index is -4.99. The van der Waals surface area contributed by atoms with Gasteiger partial charge >= 0.3 is 18.2 Å². The van der Waals surface area contributed by atoms with Gasteiger partial charge in [-0.2, -0.15) is 22.0 Å². The highest BCUT2D eigenvalue weighted by Crippen LogP contribution is 2.38. The van der Waals surface area contributed by atoms with Crippen molar-refractivity contribution in [2.24, 2.45) is 41.2 Å². The van der Waals surface area contributed by atoms with E-state index in [4.69, 9.17) is 15.2 Å². The molecule has 10 amide bonds. The number of rotatable bonds is 39. The molecule has 2 saturated heterocycles. The van der Waals surface area contributed by atoms with E-state index in [0.29, 0.717) is 31.4 Å². The van der Waals surface area contributed by atoms with Gasteiger partial charge in [-0.3, -0.25) is 53.0 Å². The Morgan fingerprint density at radius 2 is 1.27 bits per heavy atom. The number of urea groups is 1. The zero-order valence-corrected chi connectivity index (χ0v) is 63.9. The third kappa shape index (κ3) is 25.0. The van der Waals surface area contributed by atoms with E-state index in [9.17, 15) is 83.1 Å². The van der Waals surface area contributed by atoms with E-state index in [1.54, 1.807) is 61.9 Å². The molecule has 0 aliphatic carbocycles. The Labute approximate surface area is 626 Å². The molecule has 3 aromatic rings. The summed E-state index contributed by atoms with van der Waals surface area (Å²) in [4.78, 5) is 143. The molecule has 0 spiro atoms. The van der Waals surface area contributed by atoms with Crippen LogP contribution in [0.15, 0.2) is 54.6 Å². The average Bonchev–Trinajstić information content (AvgIpc) is 1.49. The highest BCUT2D eigenvalue weighted by atomic mass is 19.4. The van der Waals surface area contributed by atoms with Crippen molar-refractivity contribution in [3.05, 3.63) is 94.8 Å². The largest absolute Gasteiger partial charge is 0.420 e. The van der Waals surface area contributed by atoms with Crippen molar-refractivity contribution < 1.29 is 97.3 Å². The molecular formula is C75H108F8N12O13. The first-order valence-corrected chi connectivity index (χ1v) is 36.6. The van der Waals surface area contributed by atoms with Gasteiger partial charge in [0.15, 0.2) is 0 Å². The molecule has 2 fully saturated rings. The molecule has 13 atom stereocenters. The summed E-state index contributed by atoms with van der Waals surface area (Å²) in [6, 6.07) is 6.00. The van der Waals surface area contributed by atoms with Crippen LogP contribution in [0.3, 0.4) is 0 Å². The first-order chi connectivity index (χ1) is 50.8. The molecule has 602 valence electrons. The lowest BCUT2D eigenvalue weighted by atomic mass is 9.89. The SMILES string of the molecule is CC[C@H](C)[C@@H]([C@@H](CC(=O)N1CCC[C@H]1[C@H](OC)[C@@H](C)C(=O)N[C@@H](Cc1ccccc1)C(=O)NCc1ccc(NC(=O)[C@H](CCCNC(N)=O)NC(=O)[C@@H](NC(=O)CCCN2CCC(C(=O)Oc3c(F)c(F)c(F)c(F)c3F)CC2C(F)(F)F)C(C)C)cc1)OC)N(C)C(=O)[C@@H](NC(=O)[C@H](C(C)C)N(C)C)C(C)C. The van der Waals surface area contributed by atoms with Gasteiger partial charge in [-0.1, -0.05) is 111 Å². The summed E-state index contributed by atoms with van der Waals surface area (Å²) in [7, 11) is 8.27. The summed E-state index contributed by atoms with van der Waals surface area (Å²) in [5.41, 5.74) is 6.81. The summed E-state index contributed by atoms with van der Waals surface area (Å²) < 4.78 is 129. The monoisotopic (exact) mass is 1540 g/mol. The number of nitrogens with zero attached hydrogens (tertiary/aromatic N) is 4. The molecule has 3 aromatic carbocycles. The third-order valence-corrected chi connectivity index (χ3v) is 20.1. The van der Waals surface area contributed by atoms with Gasteiger partial charge < -0.3 is 67.0 Å². The van der Waals surface area contributed by atoms with Crippen LogP contribution in [0.5, 0.6) is 5.75 Å². The zero-order valence-electron chi connectivity index (χ0n) is 63.9. The topological polar surface area (TPSA) is 322 Å². The van der Waals surface area contributed by atoms with Crippen LogP contribution >= 0.6 is 0 Å². The summed E-state index contributed by atoms with van der Waals surface area (Å²) in [6.45, 7) is 15.9. The number of anilines is 1. The Hall–Kier alpha value is -8.56. The first-order valence-electron chi connectivity index (χ1n) is 36.6. The number of nitrogens with one attached hydrogen (secondary N) is 7. The lowest BCUT2D eigenvalue weighted by molar-refractivity contribution is -0.197. The van der Waals surface area contributed by atoms with Crippen molar-refractivity contribution >= 4 is 64.9 Å². The van der Waals surface area contributed by atoms with E-state index < -0.39 is 180 Å². The number of carbonyl (C=O) groups is 10. The summed E-state index contributed by atoms with van der Waals surface area (Å²) >= 11 is 0. The maximum atomic E-state index is 14.7. The molecule has 5 rings (SSSR count). The Morgan fingerprint density at radius 3 is 1.82 bits per heavy atom. The van der Waals surface area contributed by atoms with E-state index in [0.717, 1.165) is 10.5 Å². The molecule has 2 unspecified atom stereocenters. The maximum Gasteiger partial charge on any atom is 0.404 e. The molecule has 0 saturated carbocycles. The van der Waals surface area contributed by atoms with E-state index >= 15 is 0 Å². The van der Waals surface area contributed by atoms with Crippen LogP contribution in [0.25, 0.3) is 0 Å². The number of hydrogen-bond acceptors (Lipinski definition) is 15. The van der Waals surface area contributed by atoms with Gasteiger partial charge in [0.05, 0.1) is 48.6 Å². The minimum Gasteiger partial charge on any atom is -0.420 e. The fourth-order valence-corrected chi connectivity index (χ4v) is 14.0. The second kappa shape index (κ2) is 41.9. The van der Waals surface area contributed by atoms with Crippen molar-refractivity contribution in [2.75, 3.05) is 66.9 Å². The fraction of sp³-hybridized carbons (Fsp3) is 0.627. The number of esters is 1. The van der Waals surface area contributed by atoms with Crippen molar-refractivity contribution in [2.45, 2.75) is 206 Å². The lowest BCUT2D eigenvalue weighted by Crippen LogP contribution is -2.59. The number of nitrogens with two attached hydrogens (primary N) is 1. The Kier molecular flexibility index (Phi) is 34.9. The molecule has 0 bridgehead atoms. The van der Waals surface area contributed by atoms with Gasteiger partial charge in [0.2, 0.25) is 82.1 Å². The van der Waals surface area contributed by atoms with Gasteiger partial charge in [0.1, 0.15) is 30.2 Å². The molecule has 2 aliphatic heterocycles. The summed E-state index contributed by atoms with van der Waals surface area (Å²) in [5.74, 6) is -23.8. The first kappa shape index (κ1) is 90.1. The van der Waals surface area contributed by atoms with Crippen LogP contribution in [-0.4, -0.2) is 207 Å². The number of piperidine rings is 1.